The number of thiocarbonyl (C=S) groups is 1. The van der Waals surface area contributed by atoms with Crippen molar-refractivity contribution in [1.82, 2.24) is 19.8 Å². The number of nitrogens with one attached hydrogen (secondary N) is 1. The second-order valence-corrected chi connectivity index (χ2v) is 8.75. The van der Waals surface area contributed by atoms with Crippen molar-refractivity contribution in [2.24, 2.45) is 0 Å². The van der Waals surface area contributed by atoms with Crippen LogP contribution in [-0.4, -0.2) is 37.8 Å². The maximum absolute atomic E-state index is 9.42. The molecule has 1 aliphatic heterocycles. The van der Waals surface area contributed by atoms with Gasteiger partial charge < -0.3 is 19.9 Å². The zero-order valence-electron chi connectivity index (χ0n) is 17.0. The van der Waals surface area contributed by atoms with Gasteiger partial charge in [-0.2, -0.15) is 0 Å². The topological polar surface area (TPSA) is 53.3 Å². The summed E-state index contributed by atoms with van der Waals surface area (Å²) < 4.78 is 3.33. The van der Waals surface area contributed by atoms with E-state index in [0.717, 1.165) is 21.5 Å². The first-order chi connectivity index (χ1) is 14.5. The zero-order chi connectivity index (χ0) is 21.3. The Kier molecular flexibility index (Phi) is 6.22. The van der Waals surface area contributed by atoms with Crippen LogP contribution in [0.3, 0.4) is 0 Å². The van der Waals surface area contributed by atoms with Gasteiger partial charge in [-0.05, 0) is 84.3 Å². The summed E-state index contributed by atoms with van der Waals surface area (Å²) in [6.07, 6.45) is 2.48. The summed E-state index contributed by atoms with van der Waals surface area (Å²) in [6.45, 7) is 5.11. The lowest BCUT2D eigenvalue weighted by Crippen LogP contribution is -2.31. The van der Waals surface area contributed by atoms with Crippen molar-refractivity contribution < 1.29 is 5.11 Å². The molecule has 156 valence electrons. The molecule has 3 heterocycles. The number of aliphatic hydroxyl groups is 1. The standard InChI is InChI=1S/C23H25BrN4OS/c1-15-14-17(16(2)28(15)20-10-4-3-8-18(20)24)22-21(19-9-5-6-11-25-19)26-23(30)27(22)12-7-13-29/h3-6,8-11,14,21-22,29H,7,12-13H2,1-2H3,(H,26,30)/t21-,22+/m1/s1. The molecule has 3 aromatic rings. The van der Waals surface area contributed by atoms with Crippen LogP contribution >= 0.6 is 28.1 Å². The van der Waals surface area contributed by atoms with E-state index in [1.807, 2.05) is 30.5 Å². The van der Waals surface area contributed by atoms with Gasteiger partial charge in [0.1, 0.15) is 0 Å². The minimum Gasteiger partial charge on any atom is -0.396 e. The second kappa shape index (κ2) is 8.88. The number of halogens is 1. The summed E-state index contributed by atoms with van der Waals surface area (Å²) in [7, 11) is 0. The Labute approximate surface area is 190 Å². The first-order valence-electron chi connectivity index (χ1n) is 10.1. The molecule has 2 atom stereocenters. The fourth-order valence-corrected chi connectivity index (χ4v) is 5.11. The average Bonchev–Trinajstić information content (AvgIpc) is 3.23. The lowest BCUT2D eigenvalue weighted by Gasteiger charge is -2.28. The van der Waals surface area contributed by atoms with E-state index in [4.69, 9.17) is 12.2 Å². The molecule has 2 N–H and O–H groups in total. The largest absolute Gasteiger partial charge is 0.396 e. The zero-order valence-corrected chi connectivity index (χ0v) is 19.4. The summed E-state index contributed by atoms with van der Waals surface area (Å²) >= 11 is 9.39. The third-order valence-corrected chi connectivity index (χ3v) is 6.66. The molecule has 1 fully saturated rings. The molecule has 5 nitrogen and oxygen atoms in total. The third kappa shape index (κ3) is 3.77. The van der Waals surface area contributed by atoms with Gasteiger partial charge in [0.15, 0.2) is 5.11 Å². The number of pyridine rings is 1. The van der Waals surface area contributed by atoms with Gasteiger partial charge in [-0.3, -0.25) is 4.98 Å². The summed E-state index contributed by atoms with van der Waals surface area (Å²) in [6, 6.07) is 16.4. The van der Waals surface area contributed by atoms with E-state index < -0.39 is 0 Å². The molecule has 4 rings (SSSR count). The van der Waals surface area contributed by atoms with Crippen molar-refractivity contribution in [1.29, 1.82) is 0 Å². The van der Waals surface area contributed by atoms with Crippen molar-refractivity contribution in [3.8, 4) is 5.69 Å². The highest BCUT2D eigenvalue weighted by Crippen LogP contribution is 2.41. The van der Waals surface area contributed by atoms with Crippen molar-refractivity contribution in [3.05, 3.63) is 81.8 Å². The van der Waals surface area contributed by atoms with Crippen LogP contribution in [0.5, 0.6) is 0 Å². The number of aryl methyl sites for hydroxylation is 1. The van der Waals surface area contributed by atoms with Crippen LogP contribution in [0.1, 0.15) is 41.1 Å². The molecule has 0 spiro atoms. The quantitative estimate of drug-likeness (QED) is 0.500. The van der Waals surface area contributed by atoms with E-state index in [0.29, 0.717) is 18.1 Å². The predicted octanol–water partition coefficient (Wildman–Crippen LogP) is 4.61. The van der Waals surface area contributed by atoms with Crippen LogP contribution in [-0.2, 0) is 0 Å². The molecule has 0 saturated carbocycles. The minimum absolute atomic E-state index is 0.00128. The Morgan fingerprint density at radius 1 is 1.17 bits per heavy atom. The van der Waals surface area contributed by atoms with Gasteiger partial charge in [0.2, 0.25) is 0 Å². The van der Waals surface area contributed by atoms with E-state index >= 15 is 0 Å². The van der Waals surface area contributed by atoms with Gasteiger partial charge in [0, 0.05) is 35.2 Å². The summed E-state index contributed by atoms with van der Waals surface area (Å²) in [5, 5.41) is 13.6. The van der Waals surface area contributed by atoms with Gasteiger partial charge in [-0.1, -0.05) is 18.2 Å². The molecule has 1 aromatic carbocycles. The monoisotopic (exact) mass is 484 g/mol. The number of hydrogen-bond donors (Lipinski definition) is 2. The number of rotatable bonds is 6. The van der Waals surface area contributed by atoms with Crippen LogP contribution in [0, 0.1) is 13.8 Å². The first kappa shape index (κ1) is 21.0. The summed E-state index contributed by atoms with van der Waals surface area (Å²) in [5.41, 5.74) is 5.62. The van der Waals surface area contributed by atoms with Crippen molar-refractivity contribution >= 4 is 33.3 Å². The number of benzene rings is 1. The Bertz CT molecular complexity index is 1050. The molecule has 7 heteroatoms. The van der Waals surface area contributed by atoms with E-state index in [2.05, 4.69) is 73.8 Å². The second-order valence-electron chi connectivity index (χ2n) is 7.51. The average molecular weight is 485 g/mol. The van der Waals surface area contributed by atoms with E-state index in [1.165, 1.54) is 11.3 Å². The van der Waals surface area contributed by atoms with Crippen LogP contribution in [0.15, 0.2) is 59.2 Å². The number of aliphatic hydroxyl groups excluding tert-OH is 1. The predicted molar refractivity (Wildman–Crippen MR) is 127 cm³/mol. The van der Waals surface area contributed by atoms with Crippen LogP contribution in [0.4, 0.5) is 0 Å². The highest BCUT2D eigenvalue weighted by Gasteiger charge is 2.41. The molecule has 30 heavy (non-hydrogen) atoms. The minimum atomic E-state index is -0.0504. The fraction of sp³-hybridized carbons (Fsp3) is 0.304. The highest BCUT2D eigenvalue weighted by molar-refractivity contribution is 9.10. The van der Waals surface area contributed by atoms with Crippen LogP contribution < -0.4 is 5.32 Å². The molecular weight excluding hydrogens is 460 g/mol. The molecule has 0 radical (unpaired) electrons. The van der Waals surface area contributed by atoms with Crippen LogP contribution in [0.25, 0.3) is 5.69 Å². The lowest BCUT2D eigenvalue weighted by atomic mass is 9.96. The molecule has 1 saturated heterocycles. The molecular formula is C23H25BrN4OS. The number of nitrogens with zero attached hydrogens (tertiary/aromatic N) is 3. The van der Waals surface area contributed by atoms with Gasteiger partial charge in [0.25, 0.3) is 0 Å². The number of para-hydroxylation sites is 1. The number of hydrogen-bond acceptors (Lipinski definition) is 3. The van der Waals surface area contributed by atoms with Crippen molar-refractivity contribution in [2.45, 2.75) is 32.4 Å². The third-order valence-electron chi connectivity index (χ3n) is 5.64. The fourth-order valence-electron chi connectivity index (χ4n) is 4.32. The molecule has 1 aliphatic rings. The molecule has 0 unspecified atom stereocenters. The molecule has 0 amide bonds. The molecule has 0 aliphatic carbocycles. The van der Waals surface area contributed by atoms with E-state index in [-0.39, 0.29) is 18.7 Å². The Balaban J connectivity index is 1.83. The SMILES string of the molecule is Cc1cc([C@H]2[C@@H](c3ccccn3)NC(=S)N2CCCO)c(C)n1-c1ccccc1Br. The first-order valence-corrected chi connectivity index (χ1v) is 11.3. The van der Waals surface area contributed by atoms with Gasteiger partial charge in [-0.15, -0.1) is 0 Å². The summed E-state index contributed by atoms with van der Waals surface area (Å²) in [4.78, 5) is 6.80. The maximum Gasteiger partial charge on any atom is 0.170 e. The highest BCUT2D eigenvalue weighted by atomic mass is 79.9. The Hall–Kier alpha value is -2.22. The molecule has 0 bridgehead atoms. The van der Waals surface area contributed by atoms with Crippen LogP contribution in [0.2, 0.25) is 0 Å². The van der Waals surface area contributed by atoms with Gasteiger partial charge in [0.05, 0.1) is 23.5 Å². The van der Waals surface area contributed by atoms with E-state index in [1.54, 1.807) is 0 Å². The maximum atomic E-state index is 9.42. The lowest BCUT2D eigenvalue weighted by molar-refractivity contribution is 0.247. The number of aromatic nitrogens is 2. The smallest absolute Gasteiger partial charge is 0.170 e. The molecule has 2 aromatic heterocycles. The summed E-state index contributed by atoms with van der Waals surface area (Å²) in [5.74, 6) is 0. The van der Waals surface area contributed by atoms with E-state index in [9.17, 15) is 5.11 Å². The van der Waals surface area contributed by atoms with Crippen molar-refractivity contribution in [2.75, 3.05) is 13.2 Å². The van der Waals surface area contributed by atoms with Crippen molar-refractivity contribution in [3.63, 3.8) is 0 Å². The van der Waals surface area contributed by atoms with Gasteiger partial charge in [-0.25, -0.2) is 0 Å². The van der Waals surface area contributed by atoms with Gasteiger partial charge >= 0.3 is 0 Å². The Morgan fingerprint density at radius 2 is 1.93 bits per heavy atom. The Morgan fingerprint density at radius 3 is 2.63 bits per heavy atom. The normalized spacial score (nSPS) is 18.7.